The lowest BCUT2D eigenvalue weighted by Gasteiger charge is -2.24. The number of halogens is 1. The van der Waals surface area contributed by atoms with Crippen molar-refractivity contribution in [2.24, 2.45) is 0 Å². The normalized spacial score (nSPS) is 15.1. The maximum atomic E-state index is 2.48. The van der Waals surface area contributed by atoms with Gasteiger partial charge in [0.1, 0.15) is 0 Å². The van der Waals surface area contributed by atoms with Gasteiger partial charge >= 0.3 is 0 Å². The summed E-state index contributed by atoms with van der Waals surface area (Å²) in [6.07, 6.45) is 0. The summed E-state index contributed by atoms with van der Waals surface area (Å²) in [5.41, 5.74) is 16.2. The highest BCUT2D eigenvalue weighted by atomic mass is 127. The van der Waals surface area contributed by atoms with Crippen LogP contribution in [-0.2, 0) is 10.8 Å². The van der Waals surface area contributed by atoms with Crippen LogP contribution in [0.15, 0.2) is 127 Å². The molecular weight excluding hydrogens is 655 g/mol. The van der Waals surface area contributed by atoms with Crippen LogP contribution >= 0.6 is 22.6 Å². The van der Waals surface area contributed by atoms with Gasteiger partial charge in [-0.15, -0.1) is 0 Å². The summed E-state index contributed by atoms with van der Waals surface area (Å²) in [6, 6.07) is 48.3. The summed E-state index contributed by atoms with van der Waals surface area (Å²) >= 11 is 2.44. The first kappa shape index (κ1) is 27.1. The van der Waals surface area contributed by atoms with Crippen LogP contribution in [0.2, 0.25) is 0 Å². The van der Waals surface area contributed by atoms with Crippen molar-refractivity contribution in [1.82, 2.24) is 0 Å². The average molecular weight is 689 g/mol. The summed E-state index contributed by atoms with van der Waals surface area (Å²) < 4.78 is 1.29. The van der Waals surface area contributed by atoms with Crippen LogP contribution in [0.1, 0.15) is 49.9 Å². The summed E-state index contributed by atoms with van der Waals surface area (Å²) in [4.78, 5) is 0. The number of hydrogen-bond donors (Lipinski definition) is 0. The molecule has 0 fully saturated rings. The van der Waals surface area contributed by atoms with Gasteiger partial charge in [-0.3, -0.25) is 0 Å². The topological polar surface area (TPSA) is 0 Å². The lowest BCUT2D eigenvalue weighted by Crippen LogP contribution is -2.15. The molecular formula is C44H33I. The summed E-state index contributed by atoms with van der Waals surface area (Å²) in [5.74, 6) is 0. The van der Waals surface area contributed by atoms with E-state index in [1.165, 1.54) is 91.9 Å². The molecule has 7 aromatic carbocycles. The first-order chi connectivity index (χ1) is 21.7. The molecule has 0 radical (unpaired) electrons. The fraction of sp³-hybridized carbons (Fsp3) is 0.136. The zero-order valence-electron chi connectivity index (χ0n) is 26.0. The van der Waals surface area contributed by atoms with Gasteiger partial charge in [0.25, 0.3) is 0 Å². The highest BCUT2D eigenvalue weighted by Gasteiger charge is 2.37. The highest BCUT2D eigenvalue weighted by molar-refractivity contribution is 14.1. The van der Waals surface area contributed by atoms with Crippen molar-refractivity contribution in [1.29, 1.82) is 0 Å². The van der Waals surface area contributed by atoms with Gasteiger partial charge in [0.15, 0.2) is 0 Å². The van der Waals surface area contributed by atoms with Gasteiger partial charge in [-0.05, 0) is 135 Å². The molecule has 9 rings (SSSR count). The van der Waals surface area contributed by atoms with Crippen LogP contribution in [-0.4, -0.2) is 0 Å². The molecule has 0 aromatic heterocycles. The van der Waals surface area contributed by atoms with E-state index in [0.717, 1.165) is 0 Å². The molecule has 0 spiro atoms. The zero-order chi connectivity index (χ0) is 30.7. The highest BCUT2D eigenvalue weighted by Crippen LogP contribution is 2.53. The van der Waals surface area contributed by atoms with E-state index < -0.39 is 0 Å². The van der Waals surface area contributed by atoms with E-state index in [9.17, 15) is 0 Å². The van der Waals surface area contributed by atoms with Crippen molar-refractivity contribution < 1.29 is 0 Å². The Morgan fingerprint density at radius 3 is 1.27 bits per heavy atom. The number of rotatable bonds is 2. The summed E-state index contributed by atoms with van der Waals surface area (Å²) in [5, 5.41) is 5.21. The Morgan fingerprint density at radius 1 is 0.378 bits per heavy atom. The number of hydrogen-bond acceptors (Lipinski definition) is 0. The fourth-order valence-corrected chi connectivity index (χ4v) is 8.97. The summed E-state index contributed by atoms with van der Waals surface area (Å²) in [6.45, 7) is 9.50. The molecule has 0 unspecified atom stereocenters. The molecule has 2 aliphatic rings. The number of fused-ring (bicyclic) bond motifs is 8. The van der Waals surface area contributed by atoms with E-state index in [-0.39, 0.29) is 10.8 Å². The molecule has 0 N–H and O–H groups in total. The molecule has 0 saturated carbocycles. The minimum atomic E-state index is -0.0534. The van der Waals surface area contributed by atoms with E-state index >= 15 is 0 Å². The SMILES string of the molecule is CC1(C)c2ccccc2-c2ccc(-c3c4ccccc4c(-c4ccc5c(c4)C(C)(C)c4cc(I)ccc4-5)c4ccccc34)cc21. The van der Waals surface area contributed by atoms with Crippen molar-refractivity contribution in [2.75, 3.05) is 0 Å². The smallest absolute Gasteiger partial charge is 0.0159 e. The van der Waals surface area contributed by atoms with Crippen molar-refractivity contribution in [2.45, 2.75) is 38.5 Å². The summed E-state index contributed by atoms with van der Waals surface area (Å²) in [7, 11) is 0. The molecule has 0 nitrogen and oxygen atoms in total. The van der Waals surface area contributed by atoms with Crippen LogP contribution in [0.4, 0.5) is 0 Å². The van der Waals surface area contributed by atoms with Crippen LogP contribution in [0.5, 0.6) is 0 Å². The molecule has 45 heavy (non-hydrogen) atoms. The lowest BCUT2D eigenvalue weighted by atomic mass is 9.79. The quantitative estimate of drug-likeness (QED) is 0.125. The molecule has 0 heterocycles. The molecule has 0 amide bonds. The second-order valence-corrected chi connectivity index (χ2v) is 15.1. The first-order valence-electron chi connectivity index (χ1n) is 15.9. The second kappa shape index (κ2) is 9.40. The molecule has 0 bridgehead atoms. The van der Waals surface area contributed by atoms with Crippen LogP contribution in [0, 0.1) is 3.57 Å². The Labute approximate surface area is 278 Å². The fourth-order valence-electron chi connectivity index (χ4n) is 8.48. The van der Waals surface area contributed by atoms with Crippen molar-refractivity contribution in [3.05, 3.63) is 153 Å². The Kier molecular flexibility index (Phi) is 5.67. The number of benzene rings is 7. The van der Waals surface area contributed by atoms with E-state index in [2.05, 4.69) is 178 Å². The minimum absolute atomic E-state index is 0.0413. The van der Waals surface area contributed by atoms with Gasteiger partial charge in [-0.2, -0.15) is 0 Å². The van der Waals surface area contributed by atoms with E-state index in [4.69, 9.17) is 0 Å². The predicted molar refractivity (Wildman–Crippen MR) is 200 cm³/mol. The maximum Gasteiger partial charge on any atom is 0.0159 e. The molecule has 0 atom stereocenters. The average Bonchev–Trinajstić information content (AvgIpc) is 3.42. The lowest BCUT2D eigenvalue weighted by molar-refractivity contribution is 0.660. The molecule has 216 valence electrons. The van der Waals surface area contributed by atoms with Crippen molar-refractivity contribution in [3.8, 4) is 44.5 Å². The van der Waals surface area contributed by atoms with Crippen LogP contribution in [0.3, 0.4) is 0 Å². The van der Waals surface area contributed by atoms with Gasteiger partial charge < -0.3 is 0 Å². The molecule has 1 heteroatoms. The van der Waals surface area contributed by atoms with Gasteiger partial charge in [0.2, 0.25) is 0 Å². The largest absolute Gasteiger partial charge is 0.0619 e. The predicted octanol–water partition coefficient (Wildman–Crippen LogP) is 12.5. The monoisotopic (exact) mass is 688 g/mol. The Morgan fingerprint density at radius 2 is 0.756 bits per heavy atom. The third-order valence-electron chi connectivity index (χ3n) is 10.7. The third-order valence-corrected chi connectivity index (χ3v) is 11.4. The molecule has 2 aliphatic carbocycles. The molecule has 0 aliphatic heterocycles. The minimum Gasteiger partial charge on any atom is -0.0619 e. The zero-order valence-corrected chi connectivity index (χ0v) is 28.2. The van der Waals surface area contributed by atoms with Crippen LogP contribution in [0.25, 0.3) is 66.1 Å². The molecule has 0 saturated heterocycles. The van der Waals surface area contributed by atoms with Crippen molar-refractivity contribution >= 4 is 44.1 Å². The molecule has 7 aromatic rings. The van der Waals surface area contributed by atoms with E-state index in [0.29, 0.717) is 0 Å². The standard InChI is InChI=1S/C44H33I/c1-43(2)37-16-10-9-11-29(37)30-20-17-26(23-38(30)43)41-33-12-5-7-14-35(33)42(36-15-8-6-13-34(36)41)27-18-21-31-32-22-19-28(45)25-40(32)44(3,4)39(31)24-27/h5-25H,1-4H3. The van der Waals surface area contributed by atoms with Gasteiger partial charge in [-0.25, -0.2) is 0 Å². The Bertz CT molecular complexity index is 2330. The van der Waals surface area contributed by atoms with Crippen LogP contribution < -0.4 is 0 Å². The Hall–Kier alpha value is -4.21. The third kappa shape index (κ3) is 3.71. The van der Waals surface area contributed by atoms with Gasteiger partial charge in [-0.1, -0.05) is 131 Å². The first-order valence-corrected chi connectivity index (χ1v) is 17.0. The van der Waals surface area contributed by atoms with Gasteiger partial charge in [0.05, 0.1) is 0 Å². The van der Waals surface area contributed by atoms with E-state index in [1.54, 1.807) is 0 Å². The van der Waals surface area contributed by atoms with E-state index in [1.807, 2.05) is 0 Å². The second-order valence-electron chi connectivity index (χ2n) is 13.8. The van der Waals surface area contributed by atoms with Gasteiger partial charge in [0, 0.05) is 14.4 Å². The Balaban J connectivity index is 1.30. The van der Waals surface area contributed by atoms with Crippen molar-refractivity contribution in [3.63, 3.8) is 0 Å². The maximum absolute atomic E-state index is 2.48.